The highest BCUT2D eigenvalue weighted by Crippen LogP contribution is 2.33. The van der Waals surface area contributed by atoms with Crippen LogP contribution in [0, 0.1) is 10.1 Å². The molecule has 2 rings (SSSR count). The molecule has 0 aliphatic carbocycles. The van der Waals surface area contributed by atoms with Crippen LogP contribution >= 0.6 is 27.5 Å². The second-order valence-corrected chi connectivity index (χ2v) is 8.31. The van der Waals surface area contributed by atoms with E-state index >= 15 is 0 Å². The molecule has 6 nitrogen and oxygen atoms in total. The lowest BCUT2D eigenvalue weighted by molar-refractivity contribution is -0.534. The standard InChI is InChI=1S/C19H20BrClN2O4/c1-19(2,3)27-18(24)22-16(12-6-10-15(21)11-7-12)17(23(25)26)13-4-8-14(20)9-5-13/h4-11,16-17H,1-3H3,(H,22,24)/t16-,17+/m1/s1. The number of hydrogen-bond acceptors (Lipinski definition) is 4. The van der Waals surface area contributed by atoms with Crippen LogP contribution in [0.25, 0.3) is 0 Å². The molecule has 0 unspecified atom stereocenters. The lowest BCUT2D eigenvalue weighted by Crippen LogP contribution is -2.39. The van der Waals surface area contributed by atoms with E-state index in [1.807, 2.05) is 0 Å². The van der Waals surface area contributed by atoms with Gasteiger partial charge in [-0.3, -0.25) is 10.1 Å². The van der Waals surface area contributed by atoms with E-state index in [0.29, 0.717) is 16.1 Å². The summed E-state index contributed by atoms with van der Waals surface area (Å²) in [6.07, 6.45) is -0.730. The Kier molecular flexibility index (Phi) is 6.84. The topological polar surface area (TPSA) is 81.5 Å². The molecule has 0 fully saturated rings. The van der Waals surface area contributed by atoms with Crippen molar-refractivity contribution < 1.29 is 14.5 Å². The molecule has 8 heteroatoms. The Morgan fingerprint density at radius 2 is 1.63 bits per heavy atom. The quantitative estimate of drug-likeness (QED) is 0.464. The average molecular weight is 456 g/mol. The van der Waals surface area contributed by atoms with Crippen molar-refractivity contribution in [3.8, 4) is 0 Å². The van der Waals surface area contributed by atoms with Crippen molar-refractivity contribution in [2.75, 3.05) is 0 Å². The van der Waals surface area contributed by atoms with Gasteiger partial charge in [0.25, 0.3) is 6.04 Å². The molecule has 144 valence electrons. The van der Waals surface area contributed by atoms with Crippen molar-refractivity contribution in [1.82, 2.24) is 5.32 Å². The number of rotatable bonds is 5. The van der Waals surface area contributed by atoms with E-state index in [1.165, 1.54) is 0 Å². The molecule has 1 N–H and O–H groups in total. The van der Waals surface area contributed by atoms with Crippen LogP contribution in [0.3, 0.4) is 0 Å². The minimum atomic E-state index is -1.20. The first-order valence-electron chi connectivity index (χ1n) is 8.21. The molecule has 0 aliphatic heterocycles. The minimum Gasteiger partial charge on any atom is -0.444 e. The number of hydrogen-bond donors (Lipinski definition) is 1. The Morgan fingerprint density at radius 1 is 1.11 bits per heavy atom. The Labute approximate surface area is 171 Å². The predicted molar refractivity (Wildman–Crippen MR) is 107 cm³/mol. The number of nitrogens with one attached hydrogen (secondary N) is 1. The van der Waals surface area contributed by atoms with Gasteiger partial charge in [-0.05, 0) is 50.6 Å². The van der Waals surface area contributed by atoms with Crippen molar-refractivity contribution in [2.24, 2.45) is 0 Å². The van der Waals surface area contributed by atoms with Crippen molar-refractivity contribution in [1.29, 1.82) is 0 Å². The second-order valence-electron chi connectivity index (χ2n) is 6.96. The van der Waals surface area contributed by atoms with E-state index in [2.05, 4.69) is 21.2 Å². The summed E-state index contributed by atoms with van der Waals surface area (Å²) in [5.74, 6) is 0. The first-order valence-corrected chi connectivity index (χ1v) is 9.38. The summed E-state index contributed by atoms with van der Waals surface area (Å²) in [5.41, 5.74) is 0.283. The number of carbonyl (C=O) groups excluding carboxylic acids is 1. The van der Waals surface area contributed by atoms with Crippen molar-refractivity contribution in [3.05, 3.63) is 79.3 Å². The number of nitro groups is 1. The van der Waals surface area contributed by atoms with Gasteiger partial charge in [-0.15, -0.1) is 0 Å². The minimum absolute atomic E-state index is 0.417. The summed E-state index contributed by atoms with van der Waals surface area (Å²) in [7, 11) is 0. The van der Waals surface area contributed by atoms with Gasteiger partial charge in [0.15, 0.2) is 0 Å². The van der Waals surface area contributed by atoms with E-state index in [4.69, 9.17) is 16.3 Å². The number of benzene rings is 2. The maximum Gasteiger partial charge on any atom is 0.408 e. The molecule has 2 aromatic rings. The number of nitrogens with zero attached hydrogens (tertiary/aromatic N) is 1. The highest BCUT2D eigenvalue weighted by Gasteiger charge is 2.36. The molecular weight excluding hydrogens is 436 g/mol. The van der Waals surface area contributed by atoms with Crippen LogP contribution in [0.2, 0.25) is 5.02 Å². The fourth-order valence-corrected chi connectivity index (χ4v) is 2.94. The smallest absolute Gasteiger partial charge is 0.408 e. The first-order chi connectivity index (χ1) is 12.6. The molecule has 0 saturated heterocycles. The Hall–Kier alpha value is -2.12. The monoisotopic (exact) mass is 454 g/mol. The van der Waals surface area contributed by atoms with E-state index in [0.717, 1.165) is 4.47 Å². The Morgan fingerprint density at radius 3 is 2.11 bits per heavy atom. The van der Waals surface area contributed by atoms with Gasteiger partial charge in [0.2, 0.25) is 0 Å². The number of ether oxygens (including phenoxy) is 1. The van der Waals surface area contributed by atoms with Gasteiger partial charge in [0, 0.05) is 20.0 Å². The van der Waals surface area contributed by atoms with Crippen LogP contribution in [-0.2, 0) is 4.74 Å². The van der Waals surface area contributed by atoms with Gasteiger partial charge in [0.1, 0.15) is 11.6 Å². The molecule has 2 atom stereocenters. The molecule has 27 heavy (non-hydrogen) atoms. The van der Waals surface area contributed by atoms with E-state index in [-0.39, 0.29) is 0 Å². The maximum atomic E-state index is 12.3. The molecule has 2 aromatic carbocycles. The van der Waals surface area contributed by atoms with Crippen molar-refractivity contribution in [2.45, 2.75) is 38.5 Å². The van der Waals surface area contributed by atoms with Gasteiger partial charge in [-0.25, -0.2) is 4.79 Å². The van der Waals surface area contributed by atoms with Crippen molar-refractivity contribution in [3.63, 3.8) is 0 Å². The molecule has 0 spiro atoms. The van der Waals surface area contributed by atoms with Crippen LogP contribution in [0.5, 0.6) is 0 Å². The summed E-state index contributed by atoms with van der Waals surface area (Å²) in [4.78, 5) is 23.8. The average Bonchev–Trinajstić information content (AvgIpc) is 2.55. The fraction of sp³-hybridized carbons (Fsp3) is 0.316. The third kappa shape index (κ3) is 6.22. The summed E-state index contributed by atoms with van der Waals surface area (Å²) in [6, 6.07) is 11.2. The molecule has 0 radical (unpaired) electrons. The molecule has 0 bridgehead atoms. The third-order valence-electron chi connectivity index (χ3n) is 3.66. The van der Waals surface area contributed by atoms with Gasteiger partial charge in [-0.1, -0.05) is 51.8 Å². The largest absolute Gasteiger partial charge is 0.444 e. The predicted octanol–water partition coefficient (Wildman–Crippen LogP) is 5.69. The van der Waals surface area contributed by atoms with E-state index in [9.17, 15) is 14.9 Å². The zero-order valence-electron chi connectivity index (χ0n) is 15.1. The van der Waals surface area contributed by atoms with Crippen LogP contribution in [-0.4, -0.2) is 16.6 Å². The van der Waals surface area contributed by atoms with Gasteiger partial charge in [0.05, 0.1) is 0 Å². The number of amides is 1. The fourth-order valence-electron chi connectivity index (χ4n) is 2.55. The summed E-state index contributed by atoms with van der Waals surface area (Å²) in [5, 5.41) is 15.1. The lowest BCUT2D eigenvalue weighted by atomic mass is 9.94. The first kappa shape index (κ1) is 21.2. The molecule has 0 aromatic heterocycles. The van der Waals surface area contributed by atoms with E-state index < -0.39 is 28.7 Å². The number of carbonyl (C=O) groups is 1. The molecule has 0 heterocycles. The zero-order valence-corrected chi connectivity index (χ0v) is 17.5. The van der Waals surface area contributed by atoms with Gasteiger partial charge >= 0.3 is 6.09 Å². The summed E-state index contributed by atoms with van der Waals surface area (Å²) < 4.78 is 6.09. The second kappa shape index (κ2) is 8.71. The van der Waals surface area contributed by atoms with Gasteiger partial charge in [-0.2, -0.15) is 0 Å². The number of alkyl carbamates (subject to hydrolysis) is 1. The van der Waals surface area contributed by atoms with Crippen molar-refractivity contribution >= 4 is 33.6 Å². The Balaban J connectivity index is 2.44. The van der Waals surface area contributed by atoms with E-state index in [1.54, 1.807) is 69.3 Å². The highest BCUT2D eigenvalue weighted by atomic mass is 79.9. The normalized spacial score (nSPS) is 13.5. The van der Waals surface area contributed by atoms with Crippen LogP contribution in [0.15, 0.2) is 53.0 Å². The van der Waals surface area contributed by atoms with Crippen LogP contribution < -0.4 is 5.32 Å². The molecular formula is C19H20BrClN2O4. The zero-order chi connectivity index (χ0) is 20.2. The summed E-state index contributed by atoms with van der Waals surface area (Å²) >= 11 is 9.26. The molecule has 0 saturated carbocycles. The maximum absolute atomic E-state index is 12.3. The Bertz CT molecular complexity index is 804. The highest BCUT2D eigenvalue weighted by molar-refractivity contribution is 9.10. The molecule has 1 amide bonds. The van der Waals surface area contributed by atoms with Gasteiger partial charge < -0.3 is 10.1 Å². The molecule has 0 aliphatic rings. The summed E-state index contributed by atoms with van der Waals surface area (Å²) in [6.45, 7) is 5.18. The lowest BCUT2D eigenvalue weighted by Gasteiger charge is -2.26. The van der Waals surface area contributed by atoms with Crippen LogP contribution in [0.1, 0.15) is 44.0 Å². The van der Waals surface area contributed by atoms with Crippen LogP contribution in [0.4, 0.5) is 4.79 Å². The SMILES string of the molecule is CC(C)(C)OC(=O)N[C@H](c1ccc(Cl)cc1)[C@H](c1ccc(Br)cc1)[N+](=O)[O-]. The third-order valence-corrected chi connectivity index (χ3v) is 4.44. The number of halogens is 2.